The lowest BCUT2D eigenvalue weighted by Gasteiger charge is -2.18. The van der Waals surface area contributed by atoms with Gasteiger partial charge in [0.1, 0.15) is 13.2 Å². The molecule has 54 heavy (non-hydrogen) atoms. The highest BCUT2D eigenvalue weighted by atomic mass is 16.6. The van der Waals surface area contributed by atoms with E-state index in [9.17, 15) is 14.4 Å². The van der Waals surface area contributed by atoms with Crippen molar-refractivity contribution < 1.29 is 28.6 Å². The molecule has 6 nitrogen and oxygen atoms in total. The van der Waals surface area contributed by atoms with Crippen LogP contribution in [-0.4, -0.2) is 37.2 Å². The molecule has 312 valence electrons. The normalized spacial score (nSPS) is 12.4. The van der Waals surface area contributed by atoms with Crippen LogP contribution in [0.1, 0.15) is 220 Å². The van der Waals surface area contributed by atoms with Gasteiger partial charge in [0.2, 0.25) is 0 Å². The van der Waals surface area contributed by atoms with E-state index in [1.807, 2.05) is 36.5 Å². The molecule has 0 saturated carbocycles. The maximum Gasteiger partial charge on any atom is 0.306 e. The van der Waals surface area contributed by atoms with E-state index in [-0.39, 0.29) is 31.1 Å². The highest BCUT2D eigenvalue weighted by Crippen LogP contribution is 2.15. The zero-order chi connectivity index (χ0) is 39.4. The van der Waals surface area contributed by atoms with Crippen LogP contribution in [-0.2, 0) is 28.6 Å². The summed E-state index contributed by atoms with van der Waals surface area (Å²) < 4.78 is 16.7. The number of carbonyl (C=O) groups excluding carboxylic acids is 3. The Labute approximate surface area is 333 Å². The molecule has 0 aromatic rings. The summed E-state index contributed by atoms with van der Waals surface area (Å²) >= 11 is 0. The average molecular weight is 757 g/mol. The van der Waals surface area contributed by atoms with E-state index in [1.165, 1.54) is 109 Å². The lowest BCUT2D eigenvalue weighted by molar-refractivity contribution is -0.167. The molecule has 0 spiro atoms. The fourth-order valence-electron chi connectivity index (χ4n) is 6.28. The van der Waals surface area contributed by atoms with E-state index in [4.69, 9.17) is 14.2 Å². The number of allylic oxidation sites excluding steroid dienone is 8. The minimum Gasteiger partial charge on any atom is -0.462 e. The van der Waals surface area contributed by atoms with E-state index < -0.39 is 6.10 Å². The van der Waals surface area contributed by atoms with E-state index in [0.717, 1.165) is 70.6 Å². The van der Waals surface area contributed by atoms with Gasteiger partial charge in [0.05, 0.1) is 0 Å². The third kappa shape index (κ3) is 40.6. The predicted octanol–water partition coefficient (Wildman–Crippen LogP) is 14.4. The monoisotopic (exact) mass is 757 g/mol. The Balaban J connectivity index is 4.42. The van der Waals surface area contributed by atoms with Gasteiger partial charge in [-0.15, -0.1) is 0 Å². The minimum atomic E-state index is -0.782. The van der Waals surface area contributed by atoms with Crippen molar-refractivity contribution in [3.05, 3.63) is 48.6 Å². The number of ether oxygens (including phenoxy) is 3. The second-order valence-corrected chi connectivity index (χ2v) is 15.0. The molecule has 0 amide bonds. The summed E-state index contributed by atoms with van der Waals surface area (Å²) in [6.45, 7) is 6.44. The third-order valence-corrected chi connectivity index (χ3v) is 9.69. The van der Waals surface area contributed by atoms with Gasteiger partial charge in [-0.3, -0.25) is 14.4 Å². The molecule has 1 unspecified atom stereocenters. The first-order chi connectivity index (χ1) is 26.5. The molecular weight excluding hydrogens is 673 g/mol. The fraction of sp³-hybridized carbons (Fsp3) is 0.771. The van der Waals surface area contributed by atoms with Gasteiger partial charge >= 0.3 is 17.9 Å². The van der Waals surface area contributed by atoms with Crippen molar-refractivity contribution in [3.63, 3.8) is 0 Å². The van der Waals surface area contributed by atoms with Crippen LogP contribution < -0.4 is 0 Å². The first-order valence-electron chi connectivity index (χ1n) is 22.7. The van der Waals surface area contributed by atoms with Crippen molar-refractivity contribution in [2.24, 2.45) is 0 Å². The molecular formula is C48H84O6. The van der Waals surface area contributed by atoms with Crippen LogP contribution in [0.5, 0.6) is 0 Å². The van der Waals surface area contributed by atoms with Crippen molar-refractivity contribution in [1.29, 1.82) is 0 Å². The number of esters is 3. The number of carbonyl (C=O) groups is 3. The molecule has 6 heteroatoms. The van der Waals surface area contributed by atoms with Gasteiger partial charge in [-0.2, -0.15) is 0 Å². The lowest BCUT2D eigenvalue weighted by atomic mass is 10.0. The highest BCUT2D eigenvalue weighted by molar-refractivity contribution is 5.71. The van der Waals surface area contributed by atoms with Crippen molar-refractivity contribution in [3.8, 4) is 0 Å². The Hall–Kier alpha value is -2.63. The molecule has 0 saturated heterocycles. The van der Waals surface area contributed by atoms with Gasteiger partial charge in [0.15, 0.2) is 6.10 Å². The number of unbranched alkanes of at least 4 members (excludes halogenated alkanes) is 24. The molecule has 0 aliphatic heterocycles. The summed E-state index contributed by atoms with van der Waals surface area (Å²) in [6.07, 6.45) is 49.5. The first-order valence-corrected chi connectivity index (χ1v) is 22.7. The van der Waals surface area contributed by atoms with Crippen LogP contribution >= 0.6 is 0 Å². The quantitative estimate of drug-likeness (QED) is 0.0268. The molecule has 0 aliphatic rings. The smallest absolute Gasteiger partial charge is 0.306 e. The van der Waals surface area contributed by atoms with Crippen molar-refractivity contribution >= 4 is 17.9 Å². The molecule has 0 bridgehead atoms. The number of hydrogen-bond acceptors (Lipinski definition) is 6. The Morgan fingerprint density at radius 2 is 0.722 bits per heavy atom. The summed E-state index contributed by atoms with van der Waals surface area (Å²) in [7, 11) is 0. The summed E-state index contributed by atoms with van der Waals surface area (Å²) in [4.78, 5) is 37.7. The zero-order valence-corrected chi connectivity index (χ0v) is 35.5. The van der Waals surface area contributed by atoms with E-state index in [0.29, 0.717) is 19.3 Å². The summed E-state index contributed by atoms with van der Waals surface area (Å²) in [6, 6.07) is 0. The van der Waals surface area contributed by atoms with Crippen LogP contribution in [0.25, 0.3) is 0 Å². The van der Waals surface area contributed by atoms with Crippen molar-refractivity contribution in [1.82, 2.24) is 0 Å². The maximum atomic E-state index is 12.7. The Bertz CT molecular complexity index is 964. The van der Waals surface area contributed by atoms with Crippen molar-refractivity contribution in [2.45, 2.75) is 226 Å². The maximum absolute atomic E-state index is 12.7. The molecule has 0 aromatic carbocycles. The van der Waals surface area contributed by atoms with E-state index >= 15 is 0 Å². The summed E-state index contributed by atoms with van der Waals surface area (Å²) in [5, 5.41) is 0. The number of hydrogen-bond donors (Lipinski definition) is 0. The van der Waals surface area contributed by atoms with Crippen LogP contribution in [0, 0.1) is 0 Å². The zero-order valence-electron chi connectivity index (χ0n) is 35.5. The predicted molar refractivity (Wildman–Crippen MR) is 229 cm³/mol. The Morgan fingerprint density at radius 3 is 1.13 bits per heavy atom. The number of rotatable bonds is 40. The SMILES string of the molecule is CC\C=C/C=C\C=C/C=C\CCCCCC(=O)OCC(COC(=O)CCCCCCCCCCCC)OC(=O)CCCCCCCCCCCCCCC. The van der Waals surface area contributed by atoms with Gasteiger partial charge in [-0.1, -0.05) is 211 Å². The molecule has 0 aliphatic carbocycles. The van der Waals surface area contributed by atoms with Gasteiger partial charge < -0.3 is 14.2 Å². The minimum absolute atomic E-state index is 0.0831. The fourth-order valence-corrected chi connectivity index (χ4v) is 6.28. The first kappa shape index (κ1) is 51.4. The molecule has 0 aromatic heterocycles. The van der Waals surface area contributed by atoms with Crippen LogP contribution in [0.3, 0.4) is 0 Å². The van der Waals surface area contributed by atoms with E-state index in [1.54, 1.807) is 0 Å². The Morgan fingerprint density at radius 1 is 0.389 bits per heavy atom. The van der Waals surface area contributed by atoms with Crippen LogP contribution in [0.2, 0.25) is 0 Å². The summed E-state index contributed by atoms with van der Waals surface area (Å²) in [5.41, 5.74) is 0. The molecule has 1 atom stereocenters. The summed E-state index contributed by atoms with van der Waals surface area (Å²) in [5.74, 6) is -0.924. The molecule has 0 fully saturated rings. The molecule has 0 heterocycles. The average Bonchev–Trinajstić information content (AvgIpc) is 3.17. The van der Waals surface area contributed by atoms with Crippen LogP contribution in [0.15, 0.2) is 48.6 Å². The van der Waals surface area contributed by atoms with E-state index in [2.05, 4.69) is 32.9 Å². The molecule has 0 radical (unpaired) electrons. The van der Waals surface area contributed by atoms with Crippen molar-refractivity contribution in [2.75, 3.05) is 13.2 Å². The lowest BCUT2D eigenvalue weighted by Crippen LogP contribution is -2.30. The highest BCUT2D eigenvalue weighted by Gasteiger charge is 2.19. The van der Waals surface area contributed by atoms with Gasteiger partial charge in [0, 0.05) is 19.3 Å². The standard InChI is InChI=1S/C48H84O6/c1-4-7-10-13-16-19-22-24-26-29-32-35-38-41-47(50)53-44-45(43-52-46(49)40-37-34-31-28-21-18-15-12-9-6-3)54-48(51)42-39-36-33-30-27-25-23-20-17-14-11-8-5-2/h7,10,13,16,19,22,24,26,45H,4-6,8-9,11-12,14-15,17-18,20-21,23,25,27-44H2,1-3H3/b10-7-,16-13-,22-19-,26-24-. The Kier molecular flexibility index (Phi) is 41.0. The van der Waals surface area contributed by atoms with Crippen LogP contribution in [0.4, 0.5) is 0 Å². The second-order valence-electron chi connectivity index (χ2n) is 15.0. The van der Waals surface area contributed by atoms with Gasteiger partial charge in [-0.25, -0.2) is 0 Å². The second kappa shape index (κ2) is 43.1. The molecule has 0 rings (SSSR count). The third-order valence-electron chi connectivity index (χ3n) is 9.69. The van der Waals surface area contributed by atoms with Gasteiger partial charge in [0.25, 0.3) is 0 Å². The molecule has 0 N–H and O–H groups in total. The largest absolute Gasteiger partial charge is 0.462 e. The van der Waals surface area contributed by atoms with Gasteiger partial charge in [-0.05, 0) is 38.5 Å². The topological polar surface area (TPSA) is 78.9 Å².